The molecule has 4 rings (SSSR count). The van der Waals surface area contributed by atoms with Crippen LogP contribution in [-0.4, -0.2) is 30.6 Å². The molecule has 0 saturated heterocycles. The Morgan fingerprint density at radius 2 is 1.94 bits per heavy atom. The highest BCUT2D eigenvalue weighted by atomic mass is 32.2. The fraction of sp³-hybridized carbons (Fsp3) is 0.286. The van der Waals surface area contributed by atoms with Gasteiger partial charge in [0.05, 0.1) is 10.5 Å². The van der Waals surface area contributed by atoms with Gasteiger partial charge in [0.15, 0.2) is 0 Å². The van der Waals surface area contributed by atoms with Crippen molar-refractivity contribution in [1.82, 2.24) is 14.9 Å². The summed E-state index contributed by atoms with van der Waals surface area (Å²) in [5.74, 6) is -1.51. The summed E-state index contributed by atoms with van der Waals surface area (Å²) in [6.07, 6.45) is 2.32. The van der Waals surface area contributed by atoms with Crippen molar-refractivity contribution in [1.29, 1.82) is 0 Å². The lowest BCUT2D eigenvalue weighted by molar-refractivity contribution is 0.102. The monoisotopic (exact) mass is 460 g/mol. The summed E-state index contributed by atoms with van der Waals surface area (Å²) in [5.41, 5.74) is 0.795. The number of hydrogen-bond acceptors (Lipinski definition) is 6. The average molecular weight is 461 g/mol. The molecule has 162 valence electrons. The van der Waals surface area contributed by atoms with E-state index in [0.29, 0.717) is 0 Å². The Labute approximate surface area is 183 Å². The van der Waals surface area contributed by atoms with Gasteiger partial charge in [0.1, 0.15) is 10.8 Å². The fourth-order valence-corrected chi connectivity index (χ4v) is 5.16. The maximum Gasteiger partial charge on any atom is 0.260 e. The second-order valence-corrected chi connectivity index (χ2v) is 10.3. The third-order valence-corrected chi connectivity index (χ3v) is 7.45. The first kappa shape index (κ1) is 21.5. The third-order valence-electron chi connectivity index (χ3n) is 4.86. The molecule has 7 nitrogen and oxygen atoms in total. The number of nitrogens with one attached hydrogen (secondary N) is 2. The minimum atomic E-state index is -3.80. The first-order chi connectivity index (χ1) is 14.8. The van der Waals surface area contributed by atoms with Crippen LogP contribution in [0, 0.1) is 5.82 Å². The van der Waals surface area contributed by atoms with Crippen molar-refractivity contribution in [2.75, 3.05) is 5.32 Å². The zero-order valence-electron chi connectivity index (χ0n) is 16.7. The van der Waals surface area contributed by atoms with Gasteiger partial charge in [-0.15, -0.1) is 10.2 Å². The van der Waals surface area contributed by atoms with Crippen molar-refractivity contribution in [3.8, 4) is 0 Å². The number of sulfonamides is 1. The highest BCUT2D eigenvalue weighted by Gasteiger charge is 2.29. The zero-order chi connectivity index (χ0) is 22.0. The van der Waals surface area contributed by atoms with Crippen LogP contribution < -0.4 is 10.0 Å². The number of amides is 1. The van der Waals surface area contributed by atoms with E-state index >= 15 is 0 Å². The van der Waals surface area contributed by atoms with E-state index in [4.69, 9.17) is 0 Å². The number of hydrogen-bond donors (Lipinski definition) is 2. The molecule has 31 heavy (non-hydrogen) atoms. The Balaban J connectivity index is 1.46. The van der Waals surface area contributed by atoms with Crippen molar-refractivity contribution >= 4 is 32.4 Å². The topological polar surface area (TPSA) is 101 Å². The number of benzene rings is 2. The Hall–Kier alpha value is -2.69. The molecule has 0 aliphatic heterocycles. The molecule has 1 amide bonds. The van der Waals surface area contributed by atoms with E-state index in [9.17, 15) is 17.6 Å². The Morgan fingerprint density at radius 3 is 2.65 bits per heavy atom. The molecule has 0 radical (unpaired) electrons. The Morgan fingerprint density at radius 1 is 1.19 bits per heavy atom. The summed E-state index contributed by atoms with van der Waals surface area (Å²) in [7, 11) is -3.80. The average Bonchev–Trinajstić information content (AvgIpc) is 3.41. The number of halogens is 1. The fourth-order valence-electron chi connectivity index (χ4n) is 3.04. The molecule has 1 saturated carbocycles. The first-order valence-electron chi connectivity index (χ1n) is 9.82. The van der Waals surface area contributed by atoms with Crippen molar-refractivity contribution in [2.45, 2.75) is 43.0 Å². The number of nitrogens with zero attached hydrogens (tertiary/aromatic N) is 2. The summed E-state index contributed by atoms with van der Waals surface area (Å²) in [6, 6.07) is 13.0. The van der Waals surface area contributed by atoms with Gasteiger partial charge in [-0.25, -0.2) is 17.5 Å². The van der Waals surface area contributed by atoms with E-state index in [1.165, 1.54) is 11.3 Å². The summed E-state index contributed by atoms with van der Waals surface area (Å²) in [5, 5.41) is 11.6. The summed E-state index contributed by atoms with van der Waals surface area (Å²) < 4.78 is 41.5. The van der Waals surface area contributed by atoms with Crippen LogP contribution in [0.4, 0.5) is 9.52 Å². The number of carbonyl (C=O) groups excluding carboxylic acids is 1. The minimum absolute atomic E-state index is 0.0873. The summed E-state index contributed by atoms with van der Waals surface area (Å²) >= 11 is 1.21. The quantitative estimate of drug-likeness (QED) is 0.534. The van der Waals surface area contributed by atoms with Crippen LogP contribution >= 0.6 is 11.3 Å². The predicted octanol–water partition coefficient (Wildman–Crippen LogP) is 3.72. The molecule has 1 atom stereocenters. The maximum atomic E-state index is 14.3. The SMILES string of the molecule is CC(Cc1ccccc1)c1nnc(NC(=O)c2cc(S(=O)(=O)NC3CC3)ccc2F)s1. The van der Waals surface area contributed by atoms with E-state index in [2.05, 4.69) is 20.2 Å². The van der Waals surface area contributed by atoms with Crippen LogP contribution in [0.25, 0.3) is 0 Å². The van der Waals surface area contributed by atoms with Gasteiger partial charge in [0, 0.05) is 12.0 Å². The van der Waals surface area contributed by atoms with Gasteiger partial charge in [-0.05, 0) is 43.0 Å². The molecule has 1 aliphatic carbocycles. The van der Waals surface area contributed by atoms with Gasteiger partial charge in [-0.3, -0.25) is 10.1 Å². The van der Waals surface area contributed by atoms with E-state index in [1.54, 1.807) is 0 Å². The molecule has 1 unspecified atom stereocenters. The number of rotatable bonds is 8. The van der Waals surface area contributed by atoms with E-state index < -0.39 is 21.7 Å². The summed E-state index contributed by atoms with van der Waals surface area (Å²) in [4.78, 5) is 12.4. The van der Waals surface area contributed by atoms with Crippen LogP contribution in [0.2, 0.25) is 0 Å². The van der Waals surface area contributed by atoms with Gasteiger partial charge < -0.3 is 0 Å². The lowest BCUT2D eigenvalue weighted by Crippen LogP contribution is -2.26. The highest BCUT2D eigenvalue weighted by Crippen LogP contribution is 2.27. The zero-order valence-corrected chi connectivity index (χ0v) is 18.3. The van der Waals surface area contributed by atoms with E-state index in [-0.39, 0.29) is 27.6 Å². The van der Waals surface area contributed by atoms with Gasteiger partial charge in [0.25, 0.3) is 5.91 Å². The normalized spacial score (nSPS) is 14.9. The molecule has 2 aromatic carbocycles. The van der Waals surface area contributed by atoms with Crippen LogP contribution in [0.15, 0.2) is 53.4 Å². The van der Waals surface area contributed by atoms with Crippen LogP contribution in [-0.2, 0) is 16.4 Å². The molecule has 1 heterocycles. The molecular weight excluding hydrogens is 439 g/mol. The van der Waals surface area contributed by atoms with Gasteiger partial charge >= 0.3 is 0 Å². The smallest absolute Gasteiger partial charge is 0.260 e. The largest absolute Gasteiger partial charge is 0.296 e. The third kappa shape index (κ3) is 5.33. The molecule has 10 heteroatoms. The van der Waals surface area contributed by atoms with Gasteiger partial charge in [-0.1, -0.05) is 48.6 Å². The first-order valence-corrected chi connectivity index (χ1v) is 12.1. The molecule has 0 bridgehead atoms. The van der Waals surface area contributed by atoms with Crippen molar-refractivity contribution in [2.24, 2.45) is 0 Å². The lowest BCUT2D eigenvalue weighted by Gasteiger charge is -2.08. The molecule has 1 fully saturated rings. The Kier molecular flexibility index (Phi) is 6.12. The van der Waals surface area contributed by atoms with E-state index in [1.807, 2.05) is 37.3 Å². The van der Waals surface area contributed by atoms with Crippen LogP contribution in [0.5, 0.6) is 0 Å². The van der Waals surface area contributed by atoms with Gasteiger partial charge in [0.2, 0.25) is 15.2 Å². The minimum Gasteiger partial charge on any atom is -0.296 e. The lowest BCUT2D eigenvalue weighted by atomic mass is 10.0. The van der Waals surface area contributed by atoms with Crippen LogP contribution in [0.3, 0.4) is 0 Å². The molecule has 2 N–H and O–H groups in total. The number of carbonyl (C=O) groups is 1. The van der Waals surface area contributed by atoms with Crippen molar-refractivity contribution < 1.29 is 17.6 Å². The molecule has 1 aromatic heterocycles. The molecule has 1 aliphatic rings. The summed E-state index contributed by atoms with van der Waals surface area (Å²) in [6.45, 7) is 2.01. The molecular formula is C21H21FN4O3S2. The predicted molar refractivity (Wildman–Crippen MR) is 116 cm³/mol. The Bertz CT molecular complexity index is 1190. The van der Waals surface area contributed by atoms with E-state index in [0.717, 1.165) is 48.0 Å². The van der Waals surface area contributed by atoms with Crippen molar-refractivity contribution in [3.63, 3.8) is 0 Å². The van der Waals surface area contributed by atoms with Gasteiger partial charge in [-0.2, -0.15) is 0 Å². The second-order valence-electron chi connectivity index (χ2n) is 7.53. The second kappa shape index (κ2) is 8.81. The standard InChI is InChI=1S/C21H21FN4O3S2/c1-13(11-14-5-3-2-4-6-14)20-24-25-21(30-20)23-19(27)17-12-16(9-10-18(17)22)31(28,29)26-15-7-8-15/h2-6,9-10,12-13,15,26H,7-8,11H2,1H3,(H,23,25,27). The number of aromatic nitrogens is 2. The van der Waals surface area contributed by atoms with Crippen molar-refractivity contribution in [3.05, 3.63) is 70.5 Å². The highest BCUT2D eigenvalue weighted by molar-refractivity contribution is 7.89. The molecule has 3 aromatic rings. The maximum absolute atomic E-state index is 14.3. The van der Waals surface area contributed by atoms with Crippen LogP contribution in [0.1, 0.15) is 46.6 Å². The number of anilines is 1. The molecule has 0 spiro atoms.